The van der Waals surface area contributed by atoms with Crippen LogP contribution in [0, 0.1) is 0 Å². The third-order valence-corrected chi connectivity index (χ3v) is 3.94. The van der Waals surface area contributed by atoms with Gasteiger partial charge in [-0.15, -0.1) is 0 Å². The monoisotopic (exact) mass is 286 g/mol. The van der Waals surface area contributed by atoms with Gasteiger partial charge in [0, 0.05) is 45.1 Å². The number of piperazine rings is 1. The third-order valence-electron chi connectivity index (χ3n) is 3.94. The van der Waals surface area contributed by atoms with E-state index < -0.39 is 0 Å². The lowest BCUT2D eigenvalue weighted by atomic mass is 10.2. The van der Waals surface area contributed by atoms with E-state index in [0.29, 0.717) is 5.69 Å². The van der Waals surface area contributed by atoms with E-state index in [1.807, 2.05) is 29.1 Å². The molecule has 2 aromatic rings. The highest BCUT2D eigenvalue weighted by Crippen LogP contribution is 2.21. The molecule has 0 amide bonds. The Morgan fingerprint density at radius 1 is 1.14 bits per heavy atom. The highest BCUT2D eigenvalue weighted by atomic mass is 15.3. The zero-order chi connectivity index (χ0) is 14.7. The van der Waals surface area contributed by atoms with E-state index >= 15 is 0 Å². The Kier molecular flexibility index (Phi) is 4.17. The van der Waals surface area contributed by atoms with Gasteiger partial charge in [-0.2, -0.15) is 5.10 Å². The van der Waals surface area contributed by atoms with Crippen molar-refractivity contribution in [1.82, 2.24) is 24.6 Å². The van der Waals surface area contributed by atoms with Gasteiger partial charge in [-0.25, -0.2) is 0 Å². The molecule has 0 bridgehead atoms. The summed E-state index contributed by atoms with van der Waals surface area (Å²) in [5, 5.41) is 4.57. The van der Waals surface area contributed by atoms with Crippen LogP contribution in [0.5, 0.6) is 0 Å². The first kappa shape index (κ1) is 14.0. The average Bonchev–Trinajstić information content (AvgIpc) is 2.89. The number of pyridine rings is 1. The minimum atomic E-state index is 0.687. The Balaban J connectivity index is 1.62. The van der Waals surface area contributed by atoms with E-state index in [-0.39, 0.29) is 0 Å². The van der Waals surface area contributed by atoms with Crippen LogP contribution >= 0.6 is 0 Å². The van der Waals surface area contributed by atoms with E-state index in [0.717, 1.165) is 50.7 Å². The zero-order valence-electron chi connectivity index (χ0n) is 12.4. The summed E-state index contributed by atoms with van der Waals surface area (Å²) in [6.07, 6.45) is 3.66. The number of likely N-dealkylation sites (N-methyl/N-ethyl adjacent to an activating group) is 1. The van der Waals surface area contributed by atoms with Crippen molar-refractivity contribution >= 4 is 5.69 Å². The van der Waals surface area contributed by atoms with Crippen molar-refractivity contribution in [3.8, 4) is 11.4 Å². The molecule has 2 aromatic heterocycles. The molecule has 0 aromatic carbocycles. The predicted molar refractivity (Wildman–Crippen MR) is 83.8 cm³/mol. The van der Waals surface area contributed by atoms with Gasteiger partial charge in [0.15, 0.2) is 0 Å². The summed E-state index contributed by atoms with van der Waals surface area (Å²) in [7, 11) is 2.17. The average molecular weight is 286 g/mol. The SMILES string of the molecule is CN1CCN(CCn2cc(N)c(-c3ccccn3)n2)CC1. The molecule has 0 atom stereocenters. The fraction of sp³-hybridized carbons (Fsp3) is 0.467. The molecule has 3 heterocycles. The first-order chi connectivity index (χ1) is 10.2. The first-order valence-corrected chi connectivity index (χ1v) is 7.37. The number of hydrogen-bond donors (Lipinski definition) is 1. The van der Waals surface area contributed by atoms with Crippen LogP contribution in [0.2, 0.25) is 0 Å². The molecule has 2 N–H and O–H groups in total. The van der Waals surface area contributed by atoms with Crippen LogP contribution < -0.4 is 5.73 Å². The van der Waals surface area contributed by atoms with Crippen molar-refractivity contribution in [2.75, 3.05) is 45.5 Å². The molecule has 0 radical (unpaired) electrons. The number of hydrogen-bond acceptors (Lipinski definition) is 5. The van der Waals surface area contributed by atoms with Crippen LogP contribution in [-0.2, 0) is 6.54 Å². The molecule has 1 saturated heterocycles. The van der Waals surface area contributed by atoms with Crippen LogP contribution in [0.4, 0.5) is 5.69 Å². The Bertz CT molecular complexity index is 571. The van der Waals surface area contributed by atoms with Crippen LogP contribution in [0.1, 0.15) is 0 Å². The number of nitrogen functional groups attached to an aromatic ring is 1. The van der Waals surface area contributed by atoms with Gasteiger partial charge >= 0.3 is 0 Å². The Hall–Kier alpha value is -1.92. The Morgan fingerprint density at radius 3 is 2.67 bits per heavy atom. The number of rotatable bonds is 4. The second kappa shape index (κ2) is 6.24. The fourth-order valence-electron chi connectivity index (χ4n) is 2.57. The van der Waals surface area contributed by atoms with Crippen LogP contribution in [0.25, 0.3) is 11.4 Å². The lowest BCUT2D eigenvalue weighted by molar-refractivity contribution is 0.149. The number of anilines is 1. The molecule has 1 fully saturated rings. The number of aromatic nitrogens is 3. The van der Waals surface area contributed by atoms with E-state index in [4.69, 9.17) is 5.73 Å². The van der Waals surface area contributed by atoms with Gasteiger partial charge in [-0.1, -0.05) is 6.07 Å². The highest BCUT2D eigenvalue weighted by molar-refractivity contribution is 5.68. The van der Waals surface area contributed by atoms with Crippen molar-refractivity contribution in [1.29, 1.82) is 0 Å². The van der Waals surface area contributed by atoms with Crippen molar-refractivity contribution in [2.45, 2.75) is 6.54 Å². The molecular weight excluding hydrogens is 264 g/mol. The summed E-state index contributed by atoms with van der Waals surface area (Å²) in [5.74, 6) is 0. The molecule has 0 saturated carbocycles. The van der Waals surface area contributed by atoms with E-state index in [2.05, 4.69) is 26.9 Å². The second-order valence-electron chi connectivity index (χ2n) is 5.56. The maximum atomic E-state index is 6.06. The fourth-order valence-corrected chi connectivity index (χ4v) is 2.57. The van der Waals surface area contributed by atoms with Gasteiger partial charge in [-0.3, -0.25) is 14.6 Å². The van der Waals surface area contributed by atoms with Crippen molar-refractivity contribution in [3.05, 3.63) is 30.6 Å². The molecule has 6 heteroatoms. The smallest absolute Gasteiger partial charge is 0.134 e. The van der Waals surface area contributed by atoms with E-state index in [1.54, 1.807) is 6.20 Å². The summed E-state index contributed by atoms with van der Waals surface area (Å²) in [6.45, 7) is 6.40. The molecule has 0 aliphatic carbocycles. The predicted octanol–water partition coefficient (Wildman–Crippen LogP) is 0.775. The largest absolute Gasteiger partial charge is 0.396 e. The molecule has 3 rings (SSSR count). The summed E-state index contributed by atoms with van der Waals surface area (Å²) in [6, 6.07) is 5.78. The maximum absolute atomic E-state index is 6.06. The van der Waals surface area contributed by atoms with E-state index in [1.165, 1.54) is 0 Å². The van der Waals surface area contributed by atoms with Crippen molar-refractivity contribution < 1.29 is 0 Å². The Labute approximate surface area is 125 Å². The summed E-state index contributed by atoms with van der Waals surface area (Å²) in [5.41, 5.74) is 8.34. The number of nitrogens with two attached hydrogens (primary N) is 1. The van der Waals surface area contributed by atoms with Gasteiger partial charge < -0.3 is 10.6 Å². The highest BCUT2D eigenvalue weighted by Gasteiger charge is 2.14. The van der Waals surface area contributed by atoms with Crippen LogP contribution in [-0.4, -0.2) is 64.3 Å². The van der Waals surface area contributed by atoms with Gasteiger partial charge in [0.05, 0.1) is 17.9 Å². The minimum absolute atomic E-state index is 0.687. The van der Waals surface area contributed by atoms with E-state index in [9.17, 15) is 0 Å². The minimum Gasteiger partial charge on any atom is -0.396 e. The lowest BCUT2D eigenvalue weighted by Crippen LogP contribution is -2.45. The Morgan fingerprint density at radius 2 is 1.95 bits per heavy atom. The molecule has 112 valence electrons. The second-order valence-corrected chi connectivity index (χ2v) is 5.56. The molecule has 1 aliphatic rings. The molecule has 0 unspecified atom stereocenters. The number of nitrogens with zero attached hydrogens (tertiary/aromatic N) is 5. The zero-order valence-corrected chi connectivity index (χ0v) is 12.4. The van der Waals surface area contributed by atoms with Gasteiger partial charge in [0.2, 0.25) is 0 Å². The topological polar surface area (TPSA) is 63.2 Å². The third kappa shape index (κ3) is 3.40. The van der Waals surface area contributed by atoms with Crippen LogP contribution in [0.15, 0.2) is 30.6 Å². The van der Waals surface area contributed by atoms with Gasteiger partial charge in [0.25, 0.3) is 0 Å². The van der Waals surface area contributed by atoms with Crippen molar-refractivity contribution in [3.63, 3.8) is 0 Å². The first-order valence-electron chi connectivity index (χ1n) is 7.37. The molecule has 0 spiro atoms. The maximum Gasteiger partial charge on any atom is 0.134 e. The molecule has 6 nitrogen and oxygen atoms in total. The molecule has 1 aliphatic heterocycles. The molecule has 21 heavy (non-hydrogen) atoms. The van der Waals surface area contributed by atoms with Gasteiger partial charge in [-0.05, 0) is 19.2 Å². The van der Waals surface area contributed by atoms with Crippen molar-refractivity contribution in [2.24, 2.45) is 0 Å². The summed E-state index contributed by atoms with van der Waals surface area (Å²) in [4.78, 5) is 9.14. The lowest BCUT2D eigenvalue weighted by Gasteiger charge is -2.32. The normalized spacial score (nSPS) is 17.2. The quantitative estimate of drug-likeness (QED) is 0.899. The summed E-state index contributed by atoms with van der Waals surface area (Å²) >= 11 is 0. The summed E-state index contributed by atoms with van der Waals surface area (Å²) < 4.78 is 1.93. The molecular formula is C15H22N6. The van der Waals surface area contributed by atoms with Gasteiger partial charge in [0.1, 0.15) is 5.69 Å². The van der Waals surface area contributed by atoms with Crippen LogP contribution in [0.3, 0.4) is 0 Å². The standard InChI is InChI=1S/C15H22N6/c1-19-6-8-20(9-7-19)10-11-21-12-13(16)15(18-21)14-4-2-3-5-17-14/h2-5,12H,6-11,16H2,1H3.